The van der Waals surface area contributed by atoms with E-state index in [2.05, 4.69) is 5.32 Å². The Kier molecular flexibility index (Phi) is 5.25. The van der Waals surface area contributed by atoms with Gasteiger partial charge in [-0.1, -0.05) is 20.3 Å². The molecule has 0 radical (unpaired) electrons. The van der Waals surface area contributed by atoms with Crippen molar-refractivity contribution < 1.29 is 9.59 Å². The van der Waals surface area contributed by atoms with E-state index < -0.39 is 6.04 Å². The molecule has 2 aliphatic carbocycles. The normalized spacial score (nSPS) is 28.7. The monoisotopic (exact) mass is 295 g/mol. The molecule has 3 unspecified atom stereocenters. The highest BCUT2D eigenvalue weighted by atomic mass is 16.2. The first-order chi connectivity index (χ1) is 9.88. The number of nitrogens with two attached hydrogens (primary N) is 1. The fourth-order valence-corrected chi connectivity index (χ4v) is 3.77. The van der Waals surface area contributed by atoms with Crippen LogP contribution in [0.15, 0.2) is 0 Å². The number of nitrogens with zero attached hydrogens (tertiary/aromatic N) is 1. The third-order valence-electron chi connectivity index (χ3n) is 5.25. The van der Waals surface area contributed by atoms with Crippen LogP contribution in [0.3, 0.4) is 0 Å². The first-order valence-electron chi connectivity index (χ1n) is 8.15. The number of amides is 2. The molecule has 4 atom stereocenters. The van der Waals surface area contributed by atoms with E-state index in [1.807, 2.05) is 20.9 Å². The summed E-state index contributed by atoms with van der Waals surface area (Å²) in [6.45, 7) is 4.67. The molecular formula is C16H29N3O2. The maximum atomic E-state index is 12.1. The van der Waals surface area contributed by atoms with Gasteiger partial charge in [0.05, 0.1) is 12.6 Å². The summed E-state index contributed by atoms with van der Waals surface area (Å²) < 4.78 is 0. The van der Waals surface area contributed by atoms with Crippen LogP contribution in [0, 0.1) is 23.7 Å². The molecule has 2 bridgehead atoms. The van der Waals surface area contributed by atoms with Crippen molar-refractivity contribution in [2.45, 2.75) is 45.6 Å². The molecule has 2 saturated carbocycles. The third kappa shape index (κ3) is 3.96. The highest BCUT2D eigenvalue weighted by Gasteiger charge is 2.40. The van der Waals surface area contributed by atoms with Crippen LogP contribution in [-0.4, -0.2) is 42.9 Å². The third-order valence-corrected chi connectivity index (χ3v) is 5.25. The van der Waals surface area contributed by atoms with E-state index in [9.17, 15) is 9.59 Å². The Bertz CT molecular complexity index is 397. The van der Waals surface area contributed by atoms with Gasteiger partial charge in [-0.25, -0.2) is 0 Å². The van der Waals surface area contributed by atoms with E-state index in [4.69, 9.17) is 5.73 Å². The zero-order valence-electron chi connectivity index (χ0n) is 13.5. The molecule has 0 aromatic carbocycles. The quantitative estimate of drug-likeness (QED) is 0.767. The molecule has 0 aromatic heterocycles. The summed E-state index contributed by atoms with van der Waals surface area (Å²) in [5, 5.41) is 2.65. The number of likely N-dealkylation sites (N-methyl/N-ethyl adjacent to an activating group) is 1. The number of hydrogen-bond donors (Lipinski definition) is 2. The second kappa shape index (κ2) is 6.77. The van der Waals surface area contributed by atoms with Crippen molar-refractivity contribution in [3.63, 3.8) is 0 Å². The largest absolute Gasteiger partial charge is 0.346 e. The molecule has 0 saturated heterocycles. The minimum atomic E-state index is -0.548. The molecule has 2 rings (SSSR count). The molecule has 0 spiro atoms. The lowest BCUT2D eigenvalue weighted by Gasteiger charge is -2.27. The molecule has 5 heteroatoms. The van der Waals surface area contributed by atoms with Crippen molar-refractivity contribution in [3.05, 3.63) is 0 Å². The topological polar surface area (TPSA) is 75.4 Å². The van der Waals surface area contributed by atoms with Gasteiger partial charge in [0, 0.05) is 13.6 Å². The lowest BCUT2D eigenvalue weighted by atomic mass is 9.88. The minimum Gasteiger partial charge on any atom is -0.346 e. The minimum absolute atomic E-state index is 0.0259. The summed E-state index contributed by atoms with van der Waals surface area (Å²) in [6.07, 6.45) is 5.33. The summed E-state index contributed by atoms with van der Waals surface area (Å²) in [5.74, 6) is 2.17. The average Bonchev–Trinajstić information content (AvgIpc) is 3.05. The molecule has 0 aliphatic heterocycles. The van der Waals surface area contributed by atoms with E-state index in [0.29, 0.717) is 5.92 Å². The Morgan fingerprint density at radius 3 is 2.52 bits per heavy atom. The molecule has 5 nitrogen and oxygen atoms in total. The molecule has 2 fully saturated rings. The number of carbonyl (C=O) groups is 2. The highest BCUT2D eigenvalue weighted by molar-refractivity contribution is 5.87. The maximum Gasteiger partial charge on any atom is 0.241 e. The van der Waals surface area contributed by atoms with E-state index in [-0.39, 0.29) is 24.3 Å². The summed E-state index contributed by atoms with van der Waals surface area (Å²) in [7, 11) is 1.84. The standard InChI is InChI=1S/C16H29N3O2/c1-10(2)15(17)16(21)18-8-14(20)19(3)9-13-7-11-4-5-12(13)6-11/h10-13,15H,4-9,17H2,1-3H3,(H,18,21)/t11?,12?,13?,15-/m0/s1. The van der Waals surface area contributed by atoms with E-state index in [0.717, 1.165) is 18.4 Å². The van der Waals surface area contributed by atoms with Crippen LogP contribution in [0.5, 0.6) is 0 Å². The average molecular weight is 295 g/mol. The van der Waals surface area contributed by atoms with Crippen molar-refractivity contribution in [3.8, 4) is 0 Å². The molecule has 3 N–H and O–H groups in total. The zero-order valence-corrected chi connectivity index (χ0v) is 13.5. The van der Waals surface area contributed by atoms with Crippen molar-refractivity contribution >= 4 is 11.8 Å². The maximum absolute atomic E-state index is 12.1. The fourth-order valence-electron chi connectivity index (χ4n) is 3.77. The van der Waals surface area contributed by atoms with Crippen LogP contribution >= 0.6 is 0 Å². The van der Waals surface area contributed by atoms with Crippen molar-refractivity contribution in [1.82, 2.24) is 10.2 Å². The second-order valence-corrected chi connectivity index (χ2v) is 7.20. The number of fused-ring (bicyclic) bond motifs is 2. The second-order valence-electron chi connectivity index (χ2n) is 7.20. The first kappa shape index (κ1) is 16.3. The van der Waals surface area contributed by atoms with Crippen LogP contribution in [-0.2, 0) is 9.59 Å². The summed E-state index contributed by atoms with van der Waals surface area (Å²) in [6, 6.07) is -0.548. The van der Waals surface area contributed by atoms with Gasteiger partial charge < -0.3 is 16.0 Å². The van der Waals surface area contributed by atoms with E-state index in [1.54, 1.807) is 4.90 Å². The van der Waals surface area contributed by atoms with Crippen LogP contribution in [0.25, 0.3) is 0 Å². The van der Waals surface area contributed by atoms with Crippen LogP contribution in [0.1, 0.15) is 39.5 Å². The molecule has 21 heavy (non-hydrogen) atoms. The summed E-state index contributed by atoms with van der Waals surface area (Å²) >= 11 is 0. The van der Waals surface area contributed by atoms with Gasteiger partial charge in [-0.05, 0) is 42.9 Å². The zero-order chi connectivity index (χ0) is 15.6. The lowest BCUT2D eigenvalue weighted by molar-refractivity contribution is -0.133. The molecule has 120 valence electrons. The van der Waals surface area contributed by atoms with Gasteiger partial charge in [0.2, 0.25) is 11.8 Å². The molecule has 2 amide bonds. The van der Waals surface area contributed by atoms with Gasteiger partial charge in [0.15, 0.2) is 0 Å². The van der Waals surface area contributed by atoms with E-state index >= 15 is 0 Å². The Hall–Kier alpha value is -1.10. The van der Waals surface area contributed by atoms with Crippen molar-refractivity contribution in [2.24, 2.45) is 29.4 Å². The summed E-state index contributed by atoms with van der Waals surface area (Å²) in [5.41, 5.74) is 5.76. The molecular weight excluding hydrogens is 266 g/mol. The molecule has 0 heterocycles. The van der Waals surface area contributed by atoms with Gasteiger partial charge in [-0.15, -0.1) is 0 Å². The van der Waals surface area contributed by atoms with E-state index in [1.165, 1.54) is 25.7 Å². The molecule has 2 aliphatic rings. The number of hydrogen-bond acceptors (Lipinski definition) is 3. The summed E-state index contributed by atoms with van der Waals surface area (Å²) in [4.78, 5) is 25.6. The predicted octanol–water partition coefficient (Wildman–Crippen LogP) is 0.981. The highest BCUT2D eigenvalue weighted by Crippen LogP contribution is 2.48. The number of carbonyl (C=O) groups excluding carboxylic acids is 2. The Labute approximate surface area is 127 Å². The Morgan fingerprint density at radius 2 is 2.00 bits per heavy atom. The van der Waals surface area contributed by atoms with Crippen LogP contribution in [0.4, 0.5) is 0 Å². The first-order valence-corrected chi connectivity index (χ1v) is 8.15. The number of nitrogens with one attached hydrogen (secondary N) is 1. The van der Waals surface area contributed by atoms with Crippen LogP contribution in [0.2, 0.25) is 0 Å². The molecule has 0 aromatic rings. The van der Waals surface area contributed by atoms with Gasteiger partial charge in [0.25, 0.3) is 0 Å². The smallest absolute Gasteiger partial charge is 0.241 e. The van der Waals surface area contributed by atoms with Crippen LogP contribution < -0.4 is 11.1 Å². The number of rotatable bonds is 6. The SMILES string of the molecule is CC(C)[C@H](N)C(=O)NCC(=O)N(C)CC1CC2CCC1C2. The van der Waals surface area contributed by atoms with Crippen molar-refractivity contribution in [2.75, 3.05) is 20.1 Å². The van der Waals surface area contributed by atoms with Crippen molar-refractivity contribution in [1.29, 1.82) is 0 Å². The van der Waals surface area contributed by atoms with Gasteiger partial charge in [-0.2, -0.15) is 0 Å². The van der Waals surface area contributed by atoms with Gasteiger partial charge in [-0.3, -0.25) is 9.59 Å². The van der Waals surface area contributed by atoms with Gasteiger partial charge in [0.1, 0.15) is 0 Å². The predicted molar refractivity (Wildman–Crippen MR) is 82.4 cm³/mol. The Morgan fingerprint density at radius 1 is 1.29 bits per heavy atom. The Balaban J connectivity index is 1.71. The lowest BCUT2D eigenvalue weighted by Crippen LogP contribution is -2.48. The fraction of sp³-hybridized carbons (Fsp3) is 0.875. The van der Waals surface area contributed by atoms with Gasteiger partial charge >= 0.3 is 0 Å².